The molecule has 0 bridgehead atoms. The average molecular weight is 178 g/mol. The molecule has 0 aromatic carbocycles. The fourth-order valence-corrected chi connectivity index (χ4v) is 0.625. The summed E-state index contributed by atoms with van der Waals surface area (Å²) in [5, 5.41) is 16.4. The molecule has 12 heavy (non-hydrogen) atoms. The summed E-state index contributed by atoms with van der Waals surface area (Å²) in [7, 11) is 0. The Bertz CT molecular complexity index is 64.8. The van der Waals surface area contributed by atoms with Crippen molar-refractivity contribution in [3.63, 3.8) is 0 Å². The van der Waals surface area contributed by atoms with Gasteiger partial charge in [-0.15, -0.1) is 0 Å². The normalized spacial score (nSPS) is 11.8. The third-order valence-electron chi connectivity index (χ3n) is 1.11. The zero-order valence-electron chi connectivity index (χ0n) is 8.42. The monoisotopic (exact) mass is 178 g/mol. The number of hydrogen-bond donors (Lipinski definition) is 2. The summed E-state index contributed by atoms with van der Waals surface area (Å²) >= 11 is 0. The molecule has 0 aliphatic rings. The first-order chi connectivity index (χ1) is 5.68. The summed E-state index contributed by atoms with van der Waals surface area (Å²) in [6.45, 7) is 7.26. The van der Waals surface area contributed by atoms with Gasteiger partial charge in [-0.05, 0) is 33.6 Å². The Balaban J connectivity index is 0. The summed E-state index contributed by atoms with van der Waals surface area (Å²) < 4.78 is 5.07. The van der Waals surface area contributed by atoms with E-state index in [1.54, 1.807) is 13.8 Å². The van der Waals surface area contributed by atoms with Crippen LogP contribution in [0.3, 0.4) is 0 Å². The van der Waals surface area contributed by atoms with E-state index in [2.05, 4.69) is 0 Å². The molecule has 0 spiro atoms. The van der Waals surface area contributed by atoms with Crippen molar-refractivity contribution in [1.82, 2.24) is 0 Å². The van der Waals surface area contributed by atoms with Crippen molar-refractivity contribution < 1.29 is 14.9 Å². The third kappa shape index (κ3) is 22.5. The molecule has 0 aromatic rings. The van der Waals surface area contributed by atoms with Crippen LogP contribution in [-0.2, 0) is 4.74 Å². The van der Waals surface area contributed by atoms with E-state index in [0.29, 0.717) is 0 Å². The van der Waals surface area contributed by atoms with Crippen molar-refractivity contribution in [2.24, 2.45) is 0 Å². The molecule has 0 aromatic heterocycles. The molecule has 3 nitrogen and oxygen atoms in total. The Labute approximate surface area is 75.4 Å². The summed E-state index contributed by atoms with van der Waals surface area (Å²) in [5.41, 5.74) is 0. The standard InChI is InChI=1S/C7H16O2.C2H6O/c1-3-9-6-4-5-7(2)8;1-2-3/h7-8H,3-6H2,1-2H3;3H,2H2,1H3. The Morgan fingerprint density at radius 1 is 1.33 bits per heavy atom. The second-order valence-electron chi connectivity index (χ2n) is 2.50. The largest absolute Gasteiger partial charge is 0.397 e. The molecular weight excluding hydrogens is 156 g/mol. The van der Waals surface area contributed by atoms with Crippen LogP contribution in [0.5, 0.6) is 0 Å². The molecule has 3 heteroatoms. The van der Waals surface area contributed by atoms with E-state index in [0.717, 1.165) is 26.1 Å². The average Bonchev–Trinajstić information content (AvgIpc) is 1.99. The van der Waals surface area contributed by atoms with E-state index in [-0.39, 0.29) is 12.7 Å². The van der Waals surface area contributed by atoms with Gasteiger partial charge in [0.2, 0.25) is 0 Å². The van der Waals surface area contributed by atoms with Gasteiger partial charge in [0.1, 0.15) is 0 Å². The number of rotatable bonds is 5. The fraction of sp³-hybridized carbons (Fsp3) is 1.00. The van der Waals surface area contributed by atoms with Gasteiger partial charge in [-0.2, -0.15) is 0 Å². The highest BCUT2D eigenvalue weighted by molar-refractivity contribution is 4.45. The first-order valence-electron chi connectivity index (χ1n) is 4.55. The Morgan fingerprint density at radius 2 is 1.83 bits per heavy atom. The van der Waals surface area contributed by atoms with E-state index in [1.807, 2.05) is 6.92 Å². The molecule has 0 saturated carbocycles. The van der Waals surface area contributed by atoms with Crippen LogP contribution in [0.1, 0.15) is 33.6 Å². The van der Waals surface area contributed by atoms with Gasteiger partial charge < -0.3 is 14.9 Å². The zero-order chi connectivity index (χ0) is 9.82. The lowest BCUT2D eigenvalue weighted by molar-refractivity contribution is 0.121. The van der Waals surface area contributed by atoms with Crippen LogP contribution in [0.2, 0.25) is 0 Å². The minimum atomic E-state index is -0.176. The Kier molecular flexibility index (Phi) is 16.2. The van der Waals surface area contributed by atoms with Crippen LogP contribution >= 0.6 is 0 Å². The van der Waals surface area contributed by atoms with Gasteiger partial charge in [-0.1, -0.05) is 0 Å². The van der Waals surface area contributed by atoms with Crippen LogP contribution in [0.25, 0.3) is 0 Å². The molecule has 0 fully saturated rings. The molecule has 0 saturated heterocycles. The molecule has 1 atom stereocenters. The maximum absolute atomic E-state index is 8.80. The number of hydrogen-bond acceptors (Lipinski definition) is 3. The van der Waals surface area contributed by atoms with Gasteiger partial charge in [-0.25, -0.2) is 0 Å². The quantitative estimate of drug-likeness (QED) is 0.622. The van der Waals surface area contributed by atoms with Crippen LogP contribution < -0.4 is 0 Å². The summed E-state index contributed by atoms with van der Waals surface area (Å²) in [4.78, 5) is 0. The highest BCUT2D eigenvalue weighted by Gasteiger charge is 1.93. The molecule has 0 radical (unpaired) electrons. The van der Waals surface area contributed by atoms with Crippen molar-refractivity contribution in [2.45, 2.75) is 39.7 Å². The minimum Gasteiger partial charge on any atom is -0.397 e. The lowest BCUT2D eigenvalue weighted by Crippen LogP contribution is -2.02. The molecule has 76 valence electrons. The summed E-state index contributed by atoms with van der Waals surface area (Å²) in [6.07, 6.45) is 1.64. The molecule has 0 heterocycles. The summed E-state index contributed by atoms with van der Waals surface area (Å²) in [5.74, 6) is 0. The Morgan fingerprint density at radius 3 is 2.17 bits per heavy atom. The highest BCUT2D eigenvalue weighted by atomic mass is 16.5. The van der Waals surface area contributed by atoms with E-state index in [4.69, 9.17) is 14.9 Å². The zero-order valence-corrected chi connectivity index (χ0v) is 8.42. The first-order valence-corrected chi connectivity index (χ1v) is 4.55. The smallest absolute Gasteiger partial charge is 0.0513 e. The van der Waals surface area contributed by atoms with Gasteiger partial charge in [0, 0.05) is 19.8 Å². The molecular formula is C9H22O3. The number of aliphatic hydroxyl groups is 2. The van der Waals surface area contributed by atoms with Crippen molar-refractivity contribution in [1.29, 1.82) is 0 Å². The predicted molar refractivity (Wildman–Crippen MR) is 50.2 cm³/mol. The second-order valence-corrected chi connectivity index (χ2v) is 2.50. The highest BCUT2D eigenvalue weighted by Crippen LogP contribution is 1.94. The first kappa shape index (κ1) is 14.4. The predicted octanol–water partition coefficient (Wildman–Crippen LogP) is 1.18. The third-order valence-corrected chi connectivity index (χ3v) is 1.11. The van der Waals surface area contributed by atoms with Gasteiger partial charge in [0.05, 0.1) is 6.10 Å². The number of ether oxygens (including phenoxy) is 1. The van der Waals surface area contributed by atoms with Crippen LogP contribution in [0.15, 0.2) is 0 Å². The number of aliphatic hydroxyl groups excluding tert-OH is 2. The van der Waals surface area contributed by atoms with E-state index in [1.165, 1.54) is 0 Å². The molecule has 1 unspecified atom stereocenters. The van der Waals surface area contributed by atoms with E-state index < -0.39 is 0 Å². The Hall–Kier alpha value is -0.120. The minimum absolute atomic E-state index is 0.176. The van der Waals surface area contributed by atoms with Gasteiger partial charge in [0.15, 0.2) is 0 Å². The molecule has 0 aliphatic carbocycles. The van der Waals surface area contributed by atoms with E-state index >= 15 is 0 Å². The van der Waals surface area contributed by atoms with Crippen LogP contribution in [-0.4, -0.2) is 36.1 Å². The maximum atomic E-state index is 8.80. The lowest BCUT2D eigenvalue weighted by Gasteiger charge is -2.02. The molecule has 0 aliphatic heterocycles. The van der Waals surface area contributed by atoms with Crippen molar-refractivity contribution in [3.8, 4) is 0 Å². The van der Waals surface area contributed by atoms with E-state index in [9.17, 15) is 0 Å². The van der Waals surface area contributed by atoms with Crippen molar-refractivity contribution in [2.75, 3.05) is 19.8 Å². The summed E-state index contributed by atoms with van der Waals surface area (Å²) in [6, 6.07) is 0. The maximum Gasteiger partial charge on any atom is 0.0513 e. The second kappa shape index (κ2) is 13.5. The molecule has 2 N–H and O–H groups in total. The van der Waals surface area contributed by atoms with Crippen LogP contribution in [0.4, 0.5) is 0 Å². The SMILES string of the molecule is CCO.CCOCCCC(C)O. The fourth-order valence-electron chi connectivity index (χ4n) is 0.625. The van der Waals surface area contributed by atoms with Gasteiger partial charge >= 0.3 is 0 Å². The van der Waals surface area contributed by atoms with Crippen LogP contribution in [0, 0.1) is 0 Å². The van der Waals surface area contributed by atoms with Crippen molar-refractivity contribution >= 4 is 0 Å². The topological polar surface area (TPSA) is 49.7 Å². The molecule has 0 amide bonds. The molecule has 0 rings (SSSR count). The lowest BCUT2D eigenvalue weighted by atomic mass is 10.2. The van der Waals surface area contributed by atoms with Gasteiger partial charge in [0.25, 0.3) is 0 Å². The van der Waals surface area contributed by atoms with Crippen molar-refractivity contribution in [3.05, 3.63) is 0 Å². The van der Waals surface area contributed by atoms with Gasteiger partial charge in [-0.3, -0.25) is 0 Å².